The van der Waals surface area contributed by atoms with Gasteiger partial charge in [0, 0.05) is 11.9 Å². The van der Waals surface area contributed by atoms with Crippen LogP contribution in [0.15, 0.2) is 47.6 Å². The van der Waals surface area contributed by atoms with Gasteiger partial charge in [-0.1, -0.05) is 24.8 Å². The SMILES string of the molecule is C=CC(=O)N1CCCC1COC(=O)NC(Cc1coc2ccccc12)B(O)O. The van der Waals surface area contributed by atoms with E-state index in [2.05, 4.69) is 11.9 Å². The quantitative estimate of drug-likeness (QED) is 0.488. The summed E-state index contributed by atoms with van der Waals surface area (Å²) < 4.78 is 10.7. The summed E-state index contributed by atoms with van der Waals surface area (Å²) in [7, 11) is -1.77. The molecule has 9 heteroatoms. The molecule has 1 fully saturated rings. The molecule has 2 aromatic rings. The zero-order chi connectivity index (χ0) is 20.1. The Labute approximate surface area is 162 Å². The van der Waals surface area contributed by atoms with E-state index in [1.807, 2.05) is 24.3 Å². The number of ether oxygens (including phenoxy) is 1. The molecule has 1 aliphatic rings. The molecule has 148 valence electrons. The van der Waals surface area contributed by atoms with Crippen LogP contribution >= 0.6 is 0 Å². The van der Waals surface area contributed by atoms with Crippen LogP contribution in [-0.2, 0) is 16.0 Å². The molecule has 1 aliphatic heterocycles. The Morgan fingerprint density at radius 2 is 2.21 bits per heavy atom. The smallest absolute Gasteiger partial charge is 0.464 e. The third-order valence-electron chi connectivity index (χ3n) is 4.91. The molecule has 1 saturated heterocycles. The standard InChI is InChI=1S/C19H23BN2O6/c1-2-18(23)22-9-5-6-14(22)12-28-19(24)21-17(20(25)26)10-13-11-27-16-8-4-3-7-15(13)16/h2-4,7-8,11,14,17,25-26H,1,5-6,9-10,12H2,(H,21,24). The van der Waals surface area contributed by atoms with Crippen molar-refractivity contribution in [2.75, 3.05) is 13.2 Å². The fourth-order valence-corrected chi connectivity index (χ4v) is 3.44. The Bertz CT molecular complexity index is 852. The van der Waals surface area contributed by atoms with Crippen molar-refractivity contribution >= 4 is 30.1 Å². The predicted molar refractivity (Wildman–Crippen MR) is 103 cm³/mol. The van der Waals surface area contributed by atoms with Crippen LogP contribution in [0.5, 0.6) is 0 Å². The van der Waals surface area contributed by atoms with Gasteiger partial charge >= 0.3 is 13.2 Å². The van der Waals surface area contributed by atoms with Gasteiger partial charge in [-0.05, 0) is 37.0 Å². The fourth-order valence-electron chi connectivity index (χ4n) is 3.44. The summed E-state index contributed by atoms with van der Waals surface area (Å²) >= 11 is 0. The van der Waals surface area contributed by atoms with Crippen LogP contribution < -0.4 is 5.32 Å². The summed E-state index contributed by atoms with van der Waals surface area (Å²) in [5.41, 5.74) is 1.42. The maximum Gasteiger partial charge on any atom is 0.475 e. The average Bonchev–Trinajstić information content (AvgIpc) is 3.32. The number of hydrogen-bond acceptors (Lipinski definition) is 6. The lowest BCUT2D eigenvalue weighted by molar-refractivity contribution is -0.127. The van der Waals surface area contributed by atoms with E-state index in [9.17, 15) is 19.6 Å². The Balaban J connectivity index is 1.57. The number of benzene rings is 1. The Morgan fingerprint density at radius 1 is 1.43 bits per heavy atom. The van der Waals surface area contributed by atoms with Gasteiger partial charge in [0.15, 0.2) is 0 Å². The summed E-state index contributed by atoms with van der Waals surface area (Å²) in [5.74, 6) is -1.16. The molecule has 3 N–H and O–H groups in total. The third-order valence-corrected chi connectivity index (χ3v) is 4.91. The van der Waals surface area contributed by atoms with Crippen molar-refractivity contribution in [3.05, 3.63) is 48.7 Å². The van der Waals surface area contributed by atoms with E-state index in [0.717, 1.165) is 23.8 Å². The molecule has 2 unspecified atom stereocenters. The number of fused-ring (bicyclic) bond motifs is 1. The number of amides is 2. The van der Waals surface area contributed by atoms with E-state index in [-0.39, 0.29) is 25.0 Å². The van der Waals surface area contributed by atoms with Gasteiger partial charge in [-0.2, -0.15) is 0 Å². The number of alkyl carbamates (subject to hydrolysis) is 1. The molecule has 2 amide bonds. The highest BCUT2D eigenvalue weighted by atomic mass is 16.5. The lowest BCUT2D eigenvalue weighted by Gasteiger charge is -2.24. The van der Waals surface area contributed by atoms with Gasteiger partial charge in [-0.15, -0.1) is 0 Å². The Kier molecular flexibility index (Phi) is 6.38. The molecule has 2 heterocycles. The number of para-hydroxylation sites is 1. The molecule has 0 saturated carbocycles. The molecule has 8 nitrogen and oxygen atoms in total. The monoisotopic (exact) mass is 386 g/mol. The van der Waals surface area contributed by atoms with Crippen molar-refractivity contribution in [3.8, 4) is 0 Å². The third kappa shape index (κ3) is 4.55. The van der Waals surface area contributed by atoms with Crippen LogP contribution in [0.3, 0.4) is 0 Å². The van der Waals surface area contributed by atoms with Gasteiger partial charge in [-0.25, -0.2) is 4.79 Å². The second-order valence-corrected chi connectivity index (χ2v) is 6.76. The minimum Gasteiger partial charge on any atom is -0.464 e. The highest BCUT2D eigenvalue weighted by Gasteiger charge is 2.30. The van der Waals surface area contributed by atoms with Crippen LogP contribution in [0.4, 0.5) is 4.79 Å². The van der Waals surface area contributed by atoms with Crippen LogP contribution in [0.1, 0.15) is 18.4 Å². The first kappa shape index (κ1) is 20.0. The van der Waals surface area contributed by atoms with Crippen LogP contribution in [-0.4, -0.2) is 59.2 Å². The van der Waals surface area contributed by atoms with E-state index in [0.29, 0.717) is 12.1 Å². The van der Waals surface area contributed by atoms with E-state index >= 15 is 0 Å². The van der Waals surface area contributed by atoms with Crippen molar-refractivity contribution in [1.29, 1.82) is 0 Å². The number of furan rings is 1. The first-order valence-corrected chi connectivity index (χ1v) is 9.17. The zero-order valence-corrected chi connectivity index (χ0v) is 15.4. The van der Waals surface area contributed by atoms with Crippen molar-refractivity contribution < 1.29 is 28.8 Å². The summed E-state index contributed by atoms with van der Waals surface area (Å²) in [4.78, 5) is 25.6. The van der Waals surface area contributed by atoms with Crippen molar-refractivity contribution in [2.45, 2.75) is 31.2 Å². The van der Waals surface area contributed by atoms with Crippen molar-refractivity contribution in [2.24, 2.45) is 0 Å². The molecular formula is C19H23BN2O6. The fraction of sp³-hybridized carbons (Fsp3) is 0.368. The van der Waals surface area contributed by atoms with Gasteiger partial charge in [0.05, 0.1) is 18.2 Å². The number of nitrogens with zero attached hydrogens (tertiary/aromatic N) is 1. The number of likely N-dealkylation sites (tertiary alicyclic amines) is 1. The summed E-state index contributed by atoms with van der Waals surface area (Å²) in [5, 5.41) is 22.6. The molecule has 0 aliphatic carbocycles. The van der Waals surface area contributed by atoms with Gasteiger partial charge in [0.1, 0.15) is 12.2 Å². The van der Waals surface area contributed by atoms with Crippen LogP contribution in [0.2, 0.25) is 0 Å². The van der Waals surface area contributed by atoms with E-state index in [4.69, 9.17) is 9.15 Å². The molecule has 1 aromatic heterocycles. The molecule has 2 atom stereocenters. The maximum absolute atomic E-state index is 12.2. The zero-order valence-electron chi connectivity index (χ0n) is 15.4. The summed E-state index contributed by atoms with van der Waals surface area (Å²) in [6.07, 6.45) is 3.73. The summed E-state index contributed by atoms with van der Waals surface area (Å²) in [6.45, 7) is 4.12. The highest BCUT2D eigenvalue weighted by molar-refractivity contribution is 6.43. The molecule has 0 spiro atoms. The van der Waals surface area contributed by atoms with Crippen LogP contribution in [0, 0.1) is 0 Å². The topological polar surface area (TPSA) is 112 Å². The number of carbonyl (C=O) groups excluding carboxylic acids is 2. The number of rotatable bonds is 7. The lowest BCUT2D eigenvalue weighted by atomic mass is 9.76. The molecular weight excluding hydrogens is 363 g/mol. The second-order valence-electron chi connectivity index (χ2n) is 6.76. The van der Waals surface area contributed by atoms with E-state index in [1.165, 1.54) is 12.3 Å². The number of nitrogens with one attached hydrogen (secondary N) is 1. The van der Waals surface area contributed by atoms with Crippen molar-refractivity contribution in [3.63, 3.8) is 0 Å². The van der Waals surface area contributed by atoms with Gasteiger partial charge in [0.2, 0.25) is 5.91 Å². The predicted octanol–water partition coefficient (Wildman–Crippen LogP) is 1.26. The summed E-state index contributed by atoms with van der Waals surface area (Å²) in [6, 6.07) is 7.16. The molecule has 0 radical (unpaired) electrons. The largest absolute Gasteiger partial charge is 0.475 e. The molecule has 1 aromatic carbocycles. The number of hydrogen-bond donors (Lipinski definition) is 3. The van der Waals surface area contributed by atoms with Gasteiger partial charge in [0.25, 0.3) is 0 Å². The maximum atomic E-state index is 12.2. The second kappa shape index (κ2) is 8.94. The minimum absolute atomic E-state index is 0.0360. The lowest BCUT2D eigenvalue weighted by Crippen LogP contribution is -2.48. The van der Waals surface area contributed by atoms with E-state index in [1.54, 1.807) is 4.90 Å². The minimum atomic E-state index is -1.77. The molecule has 0 bridgehead atoms. The van der Waals surface area contributed by atoms with Crippen molar-refractivity contribution in [1.82, 2.24) is 10.2 Å². The Hall–Kier alpha value is -2.78. The molecule has 28 heavy (non-hydrogen) atoms. The molecule has 3 rings (SSSR count). The first-order chi connectivity index (χ1) is 13.5. The Morgan fingerprint density at radius 3 is 2.96 bits per heavy atom. The first-order valence-electron chi connectivity index (χ1n) is 9.17. The van der Waals surface area contributed by atoms with Gasteiger partial charge in [-0.3, -0.25) is 4.79 Å². The average molecular weight is 386 g/mol. The highest BCUT2D eigenvalue weighted by Crippen LogP contribution is 2.22. The normalized spacial score (nSPS) is 17.4. The van der Waals surface area contributed by atoms with Crippen LogP contribution in [0.25, 0.3) is 11.0 Å². The van der Waals surface area contributed by atoms with Gasteiger partial charge < -0.3 is 29.4 Å². The van der Waals surface area contributed by atoms with E-state index < -0.39 is 19.2 Å². The number of carbonyl (C=O) groups is 2.